The normalized spacial score (nSPS) is 11.2. The Balaban J connectivity index is 4.63. The molecule has 0 rings (SSSR count). The van der Waals surface area contributed by atoms with Crippen LogP contribution in [-0.4, -0.2) is 35.2 Å². The molecule has 5 nitrogen and oxygen atoms in total. The van der Waals surface area contributed by atoms with Crippen LogP contribution in [0.15, 0.2) is 23.9 Å². The smallest absolute Gasteiger partial charge is 0.332 e. The Labute approximate surface area is 108 Å². The molecule has 0 radical (unpaired) electrons. The van der Waals surface area contributed by atoms with Crippen LogP contribution in [-0.2, 0) is 14.3 Å². The highest BCUT2D eigenvalue weighted by molar-refractivity contribution is 5.94. The molecule has 102 valence electrons. The van der Waals surface area contributed by atoms with E-state index in [1.807, 2.05) is 6.92 Å². The van der Waals surface area contributed by atoms with Crippen LogP contribution in [0.25, 0.3) is 0 Å². The van der Waals surface area contributed by atoms with E-state index in [-0.39, 0.29) is 18.2 Å². The number of carbonyl (C=O) groups is 2. The van der Waals surface area contributed by atoms with Gasteiger partial charge in [-0.1, -0.05) is 19.9 Å². The zero-order chi connectivity index (χ0) is 14.1. The number of carboxylic acid groups (broad SMARTS) is 1. The number of carboxylic acids is 1. The van der Waals surface area contributed by atoms with Crippen molar-refractivity contribution in [1.29, 1.82) is 0 Å². The molecule has 0 heterocycles. The summed E-state index contributed by atoms with van der Waals surface area (Å²) in [7, 11) is 0. The molecule has 0 bridgehead atoms. The van der Waals surface area contributed by atoms with E-state index in [1.165, 1.54) is 18.0 Å². The topological polar surface area (TPSA) is 66.8 Å². The van der Waals surface area contributed by atoms with Gasteiger partial charge in [0.05, 0.1) is 5.57 Å². The van der Waals surface area contributed by atoms with E-state index in [0.29, 0.717) is 12.2 Å². The van der Waals surface area contributed by atoms with Gasteiger partial charge in [0.15, 0.2) is 0 Å². The third-order valence-electron chi connectivity index (χ3n) is 2.19. The summed E-state index contributed by atoms with van der Waals surface area (Å²) in [6.45, 7) is 9.16. The number of aliphatic carboxylic acids is 1. The molecule has 0 saturated heterocycles. The first-order valence-corrected chi connectivity index (χ1v) is 5.86. The van der Waals surface area contributed by atoms with Gasteiger partial charge in [-0.2, -0.15) is 0 Å². The molecule has 0 aromatic carbocycles. The minimum atomic E-state index is -1.07. The first-order valence-electron chi connectivity index (χ1n) is 5.86. The Hall–Kier alpha value is -1.62. The van der Waals surface area contributed by atoms with Crippen LogP contribution in [0.2, 0.25) is 0 Å². The fourth-order valence-corrected chi connectivity index (χ4v) is 1.10. The molecule has 0 unspecified atom stereocenters. The molecule has 1 N–H and O–H groups in total. The molecular formula is C13H21NO4. The van der Waals surface area contributed by atoms with Crippen LogP contribution in [0, 0.1) is 0 Å². The predicted octanol–water partition coefficient (Wildman–Crippen LogP) is 2.15. The zero-order valence-electron chi connectivity index (χ0n) is 11.2. The Bertz CT molecular complexity index is 347. The van der Waals surface area contributed by atoms with Gasteiger partial charge >= 0.3 is 5.97 Å². The van der Waals surface area contributed by atoms with Crippen molar-refractivity contribution in [3.63, 3.8) is 0 Å². The number of ether oxygens (including phenoxy) is 1. The van der Waals surface area contributed by atoms with E-state index in [2.05, 4.69) is 6.58 Å². The van der Waals surface area contributed by atoms with Crippen molar-refractivity contribution >= 4 is 11.9 Å². The maximum atomic E-state index is 11.8. The number of hydrogen-bond donors (Lipinski definition) is 1. The number of carbonyl (C=O) groups excluding carboxylic acids is 1. The maximum absolute atomic E-state index is 11.8. The zero-order valence-corrected chi connectivity index (χ0v) is 11.2. The fraction of sp³-hybridized carbons (Fsp3) is 0.538. The summed E-state index contributed by atoms with van der Waals surface area (Å²) in [4.78, 5) is 23.7. The van der Waals surface area contributed by atoms with E-state index in [0.717, 1.165) is 12.8 Å². The van der Waals surface area contributed by atoms with E-state index in [9.17, 15) is 9.59 Å². The predicted molar refractivity (Wildman–Crippen MR) is 68.8 cm³/mol. The van der Waals surface area contributed by atoms with Crippen LogP contribution in [0.1, 0.15) is 33.6 Å². The van der Waals surface area contributed by atoms with Gasteiger partial charge in [0.2, 0.25) is 0 Å². The van der Waals surface area contributed by atoms with Crippen molar-refractivity contribution in [2.45, 2.75) is 33.6 Å². The van der Waals surface area contributed by atoms with Gasteiger partial charge in [0.25, 0.3) is 5.91 Å². The average Bonchev–Trinajstić information content (AvgIpc) is 2.31. The van der Waals surface area contributed by atoms with Gasteiger partial charge in [0, 0.05) is 18.4 Å². The lowest BCUT2D eigenvalue weighted by Gasteiger charge is -2.19. The van der Waals surface area contributed by atoms with Crippen molar-refractivity contribution in [2.75, 3.05) is 13.3 Å². The third-order valence-corrected chi connectivity index (χ3v) is 2.19. The van der Waals surface area contributed by atoms with Crippen LogP contribution in [0.3, 0.4) is 0 Å². The molecule has 1 amide bonds. The van der Waals surface area contributed by atoms with Crippen LogP contribution < -0.4 is 0 Å². The number of unbranched alkanes of at least 4 members (excludes halogenated alkanes) is 1. The number of rotatable bonds is 8. The highest BCUT2D eigenvalue weighted by Crippen LogP contribution is 2.04. The second kappa shape index (κ2) is 8.47. The van der Waals surface area contributed by atoms with E-state index >= 15 is 0 Å². The van der Waals surface area contributed by atoms with Crippen molar-refractivity contribution in [3.05, 3.63) is 23.9 Å². The number of amides is 1. The van der Waals surface area contributed by atoms with E-state index in [1.54, 1.807) is 6.92 Å². The number of nitrogens with zero attached hydrogens (tertiary/aromatic N) is 1. The molecule has 0 aromatic rings. The van der Waals surface area contributed by atoms with Gasteiger partial charge in [-0.15, -0.1) is 0 Å². The third kappa shape index (κ3) is 6.20. The molecule has 0 aliphatic carbocycles. The summed E-state index contributed by atoms with van der Waals surface area (Å²) in [5.74, 6) is -1.41. The summed E-state index contributed by atoms with van der Waals surface area (Å²) < 4.78 is 5.31. The summed E-state index contributed by atoms with van der Waals surface area (Å²) in [6.07, 6.45) is 3.17. The molecule has 5 heteroatoms. The minimum absolute atomic E-state index is 0.0380. The van der Waals surface area contributed by atoms with Gasteiger partial charge in [-0.05, 0) is 20.3 Å². The Morgan fingerprint density at radius 2 is 2.00 bits per heavy atom. The molecule has 18 heavy (non-hydrogen) atoms. The molecule has 0 aliphatic rings. The minimum Gasteiger partial charge on any atom is -0.478 e. The summed E-state index contributed by atoms with van der Waals surface area (Å²) in [5.41, 5.74) is 0.409. The second-order valence-electron chi connectivity index (χ2n) is 4.06. The first kappa shape index (κ1) is 16.4. The summed E-state index contributed by atoms with van der Waals surface area (Å²) >= 11 is 0. The fourth-order valence-electron chi connectivity index (χ4n) is 1.10. The molecule has 0 aromatic heterocycles. The van der Waals surface area contributed by atoms with Crippen molar-refractivity contribution in [1.82, 2.24) is 4.90 Å². The standard InChI is InChI=1S/C13H21NO4/c1-5-6-7-18-9-14(12(15)10(2)3)8-11(4)13(16)17/h8H,2,5-7,9H2,1,3-4H3,(H,16,17). The lowest BCUT2D eigenvalue weighted by molar-refractivity contribution is -0.132. The molecule has 0 fully saturated rings. The van der Waals surface area contributed by atoms with Crippen LogP contribution >= 0.6 is 0 Å². The lowest BCUT2D eigenvalue weighted by Crippen LogP contribution is -2.29. The molecule has 0 atom stereocenters. The van der Waals surface area contributed by atoms with Crippen LogP contribution in [0.4, 0.5) is 0 Å². The lowest BCUT2D eigenvalue weighted by atomic mass is 10.3. The summed E-state index contributed by atoms with van der Waals surface area (Å²) in [6, 6.07) is 0. The van der Waals surface area contributed by atoms with Crippen molar-refractivity contribution in [3.8, 4) is 0 Å². The average molecular weight is 255 g/mol. The van der Waals surface area contributed by atoms with E-state index in [4.69, 9.17) is 9.84 Å². The largest absolute Gasteiger partial charge is 0.478 e. The number of hydrogen-bond acceptors (Lipinski definition) is 3. The first-order chi connectivity index (χ1) is 8.40. The van der Waals surface area contributed by atoms with Crippen LogP contribution in [0.5, 0.6) is 0 Å². The van der Waals surface area contributed by atoms with Gasteiger partial charge in [-0.25, -0.2) is 4.79 Å². The maximum Gasteiger partial charge on any atom is 0.332 e. The van der Waals surface area contributed by atoms with Gasteiger partial charge in [0.1, 0.15) is 6.73 Å². The quantitative estimate of drug-likeness (QED) is 0.410. The van der Waals surface area contributed by atoms with E-state index < -0.39 is 5.97 Å². The van der Waals surface area contributed by atoms with Crippen molar-refractivity contribution < 1.29 is 19.4 Å². The highest BCUT2D eigenvalue weighted by atomic mass is 16.5. The Kier molecular flexibility index (Phi) is 7.71. The molecule has 0 spiro atoms. The second-order valence-corrected chi connectivity index (χ2v) is 4.06. The van der Waals surface area contributed by atoms with Gasteiger partial charge < -0.3 is 9.84 Å². The highest BCUT2D eigenvalue weighted by Gasteiger charge is 2.13. The Morgan fingerprint density at radius 1 is 1.39 bits per heavy atom. The Morgan fingerprint density at radius 3 is 2.44 bits per heavy atom. The van der Waals surface area contributed by atoms with Gasteiger partial charge in [-0.3, -0.25) is 9.69 Å². The molecule has 0 aliphatic heterocycles. The molecule has 0 saturated carbocycles. The van der Waals surface area contributed by atoms with Crippen molar-refractivity contribution in [2.24, 2.45) is 0 Å². The SMILES string of the molecule is C=C(C)C(=O)N(C=C(C)C(=O)O)COCCCC. The monoisotopic (exact) mass is 255 g/mol. The summed E-state index contributed by atoms with van der Waals surface area (Å²) in [5, 5.41) is 8.79. The molecular weight excluding hydrogens is 234 g/mol.